The zero-order chi connectivity index (χ0) is 19.9. The lowest BCUT2D eigenvalue weighted by molar-refractivity contribution is -0.384. The number of methoxy groups -OCH3 is 1. The highest BCUT2D eigenvalue weighted by atomic mass is 32.1. The van der Waals surface area contributed by atoms with Gasteiger partial charge >= 0.3 is 0 Å². The van der Waals surface area contributed by atoms with Gasteiger partial charge in [-0.3, -0.25) is 10.1 Å². The molecule has 2 aromatic carbocycles. The third-order valence-corrected chi connectivity index (χ3v) is 4.77. The SMILES string of the molecule is COc1ccc(-c2csc(/C(C#N)=C/C=C/c3ccc([N+](=O)[O-])cc3)n2)cc1. The standard InChI is InChI=1S/C21H15N3O3S/c1-27-19-11-7-16(8-12-19)20-14-28-21(23-20)17(13-22)4-2-3-15-5-9-18(10-6-15)24(25)26/h2-12,14H,1H3/b3-2+,17-4+. The van der Waals surface area contributed by atoms with Crippen molar-refractivity contribution in [1.29, 1.82) is 5.26 Å². The molecule has 3 rings (SSSR count). The van der Waals surface area contributed by atoms with Crippen molar-refractivity contribution in [3.63, 3.8) is 0 Å². The second kappa shape index (κ2) is 8.75. The number of non-ortho nitro benzene ring substituents is 1. The van der Waals surface area contributed by atoms with E-state index in [4.69, 9.17) is 4.74 Å². The van der Waals surface area contributed by atoms with Crippen LogP contribution in [0.4, 0.5) is 5.69 Å². The molecule has 1 heterocycles. The van der Waals surface area contributed by atoms with Gasteiger partial charge in [0.1, 0.15) is 16.8 Å². The molecule has 0 saturated heterocycles. The molecule has 0 saturated carbocycles. The Morgan fingerprint density at radius 2 is 1.93 bits per heavy atom. The molecule has 0 N–H and O–H groups in total. The lowest BCUT2D eigenvalue weighted by Crippen LogP contribution is -1.86. The van der Waals surface area contributed by atoms with Crippen LogP contribution >= 0.6 is 11.3 Å². The lowest BCUT2D eigenvalue weighted by atomic mass is 10.1. The van der Waals surface area contributed by atoms with Crippen molar-refractivity contribution >= 4 is 28.7 Å². The van der Waals surface area contributed by atoms with Gasteiger partial charge in [-0.2, -0.15) is 5.26 Å². The molecule has 1 aromatic heterocycles. The minimum Gasteiger partial charge on any atom is -0.497 e. The normalized spacial score (nSPS) is 11.4. The molecule has 0 bridgehead atoms. The first-order chi connectivity index (χ1) is 13.6. The van der Waals surface area contributed by atoms with E-state index >= 15 is 0 Å². The molecule has 7 heteroatoms. The van der Waals surface area contributed by atoms with Crippen LogP contribution in [0.2, 0.25) is 0 Å². The van der Waals surface area contributed by atoms with Crippen LogP contribution in [-0.4, -0.2) is 17.0 Å². The van der Waals surface area contributed by atoms with Crippen LogP contribution < -0.4 is 4.74 Å². The second-order valence-corrected chi connectivity index (χ2v) is 6.52. The topological polar surface area (TPSA) is 89.0 Å². The molecule has 0 unspecified atom stereocenters. The van der Waals surface area contributed by atoms with Crippen LogP contribution in [-0.2, 0) is 0 Å². The zero-order valence-electron chi connectivity index (χ0n) is 14.9. The third-order valence-electron chi connectivity index (χ3n) is 3.90. The van der Waals surface area contributed by atoms with Crippen LogP contribution in [0.25, 0.3) is 22.9 Å². The van der Waals surface area contributed by atoms with Gasteiger partial charge in [-0.15, -0.1) is 11.3 Å². The minimum absolute atomic E-state index is 0.0410. The van der Waals surface area contributed by atoms with E-state index in [-0.39, 0.29) is 5.69 Å². The molecule has 3 aromatic rings. The maximum Gasteiger partial charge on any atom is 0.269 e. The van der Waals surface area contributed by atoms with Crippen molar-refractivity contribution in [2.75, 3.05) is 7.11 Å². The Morgan fingerprint density at radius 1 is 1.21 bits per heavy atom. The van der Waals surface area contributed by atoms with Crippen molar-refractivity contribution in [3.8, 4) is 23.1 Å². The minimum atomic E-state index is -0.440. The Balaban J connectivity index is 1.76. The zero-order valence-corrected chi connectivity index (χ0v) is 15.7. The summed E-state index contributed by atoms with van der Waals surface area (Å²) in [5, 5.41) is 22.7. The van der Waals surface area contributed by atoms with Crippen molar-refractivity contribution in [1.82, 2.24) is 4.98 Å². The summed E-state index contributed by atoms with van der Waals surface area (Å²) in [6, 6.07) is 15.9. The van der Waals surface area contributed by atoms with Gasteiger partial charge in [0.25, 0.3) is 5.69 Å². The second-order valence-electron chi connectivity index (χ2n) is 5.67. The molecule has 0 aliphatic heterocycles. The van der Waals surface area contributed by atoms with Gasteiger partial charge in [0.15, 0.2) is 0 Å². The van der Waals surface area contributed by atoms with Crippen molar-refractivity contribution in [2.45, 2.75) is 0 Å². The largest absolute Gasteiger partial charge is 0.497 e. The van der Waals surface area contributed by atoms with E-state index in [0.717, 1.165) is 22.6 Å². The molecule has 6 nitrogen and oxygen atoms in total. The molecule has 0 amide bonds. The molecule has 0 aliphatic carbocycles. The molecule has 138 valence electrons. The molecule has 0 aliphatic rings. The Bertz CT molecular complexity index is 1080. The number of ether oxygens (including phenoxy) is 1. The maximum atomic E-state index is 10.7. The number of hydrogen-bond acceptors (Lipinski definition) is 6. The van der Waals surface area contributed by atoms with Crippen LogP contribution in [0.1, 0.15) is 10.6 Å². The van der Waals surface area contributed by atoms with Gasteiger partial charge in [-0.1, -0.05) is 12.2 Å². The van der Waals surface area contributed by atoms with Crippen LogP contribution in [0.5, 0.6) is 5.75 Å². The molecule has 0 atom stereocenters. The first-order valence-electron chi connectivity index (χ1n) is 8.24. The van der Waals surface area contributed by atoms with Gasteiger partial charge in [0.2, 0.25) is 0 Å². The Morgan fingerprint density at radius 3 is 2.54 bits per heavy atom. The average molecular weight is 389 g/mol. The summed E-state index contributed by atoms with van der Waals surface area (Å²) < 4.78 is 5.15. The molecular formula is C21H15N3O3S. The average Bonchev–Trinajstić information content (AvgIpc) is 3.21. The number of nitrogens with zero attached hydrogens (tertiary/aromatic N) is 3. The molecule has 28 heavy (non-hydrogen) atoms. The first-order valence-corrected chi connectivity index (χ1v) is 9.12. The van der Waals surface area contributed by atoms with E-state index in [1.165, 1.54) is 23.5 Å². The molecular weight excluding hydrogens is 374 g/mol. The summed E-state index contributed by atoms with van der Waals surface area (Å²) in [7, 11) is 1.62. The number of benzene rings is 2. The number of thiazole rings is 1. The van der Waals surface area contributed by atoms with Crippen LogP contribution in [0.15, 0.2) is 66.1 Å². The number of nitro groups is 1. The number of allylic oxidation sites excluding steroid dienone is 3. The van der Waals surface area contributed by atoms with E-state index in [1.807, 2.05) is 29.6 Å². The Hall–Kier alpha value is -3.76. The summed E-state index contributed by atoms with van der Waals surface area (Å²) in [6.45, 7) is 0. The van der Waals surface area contributed by atoms with Gasteiger partial charge < -0.3 is 4.74 Å². The van der Waals surface area contributed by atoms with Gasteiger partial charge in [-0.25, -0.2) is 4.98 Å². The maximum absolute atomic E-state index is 10.7. The number of aromatic nitrogens is 1. The quantitative estimate of drug-likeness (QED) is 0.245. The summed E-state index contributed by atoms with van der Waals surface area (Å²) in [4.78, 5) is 14.8. The fourth-order valence-corrected chi connectivity index (χ4v) is 3.21. The number of hydrogen-bond donors (Lipinski definition) is 0. The fraction of sp³-hybridized carbons (Fsp3) is 0.0476. The Kier molecular flexibility index (Phi) is 5.94. The monoisotopic (exact) mass is 389 g/mol. The number of nitriles is 1. The van der Waals surface area contributed by atoms with Crippen molar-refractivity contribution in [3.05, 3.63) is 86.7 Å². The van der Waals surface area contributed by atoms with E-state index in [2.05, 4.69) is 11.1 Å². The fourth-order valence-electron chi connectivity index (χ4n) is 2.41. The lowest BCUT2D eigenvalue weighted by Gasteiger charge is -2.00. The van der Waals surface area contributed by atoms with E-state index in [0.29, 0.717) is 10.6 Å². The summed E-state index contributed by atoms with van der Waals surface area (Å²) in [6.07, 6.45) is 5.19. The Labute approximate surface area is 165 Å². The summed E-state index contributed by atoms with van der Waals surface area (Å²) >= 11 is 1.40. The van der Waals surface area contributed by atoms with E-state index in [1.54, 1.807) is 37.5 Å². The smallest absolute Gasteiger partial charge is 0.269 e. The number of nitro benzene ring substituents is 1. The molecule has 0 radical (unpaired) electrons. The highest BCUT2D eigenvalue weighted by Gasteiger charge is 2.08. The van der Waals surface area contributed by atoms with Gasteiger partial charge in [-0.05, 0) is 48.0 Å². The first kappa shape index (κ1) is 19.0. The van der Waals surface area contributed by atoms with Crippen LogP contribution in [0.3, 0.4) is 0 Å². The van der Waals surface area contributed by atoms with Crippen molar-refractivity contribution in [2.24, 2.45) is 0 Å². The predicted molar refractivity (Wildman–Crippen MR) is 110 cm³/mol. The molecule has 0 spiro atoms. The van der Waals surface area contributed by atoms with E-state index in [9.17, 15) is 15.4 Å². The highest BCUT2D eigenvalue weighted by Crippen LogP contribution is 2.27. The summed E-state index contributed by atoms with van der Waals surface area (Å²) in [5.74, 6) is 0.771. The number of rotatable bonds is 6. The predicted octanol–water partition coefficient (Wildman–Crippen LogP) is 5.35. The van der Waals surface area contributed by atoms with E-state index < -0.39 is 4.92 Å². The van der Waals surface area contributed by atoms with Crippen LogP contribution in [0, 0.1) is 21.4 Å². The molecule has 0 fully saturated rings. The highest BCUT2D eigenvalue weighted by molar-refractivity contribution is 7.11. The summed E-state index contributed by atoms with van der Waals surface area (Å²) in [5.41, 5.74) is 3.03. The van der Waals surface area contributed by atoms with Crippen molar-refractivity contribution < 1.29 is 9.66 Å². The van der Waals surface area contributed by atoms with Gasteiger partial charge in [0.05, 0.1) is 23.3 Å². The van der Waals surface area contributed by atoms with Gasteiger partial charge in [0, 0.05) is 23.1 Å². The third kappa shape index (κ3) is 4.50.